The van der Waals surface area contributed by atoms with Gasteiger partial charge in [-0.2, -0.15) is 0 Å². The molecule has 0 aliphatic carbocycles. The quantitative estimate of drug-likeness (QED) is 0.700. The van der Waals surface area contributed by atoms with Crippen molar-refractivity contribution in [3.63, 3.8) is 0 Å². The van der Waals surface area contributed by atoms with E-state index in [-0.39, 0.29) is 5.38 Å². The van der Waals surface area contributed by atoms with Crippen LogP contribution >= 0.6 is 11.6 Å². The van der Waals surface area contributed by atoms with Gasteiger partial charge < -0.3 is 4.74 Å². The zero-order valence-corrected chi connectivity index (χ0v) is 9.78. The molecule has 3 atom stereocenters. The minimum atomic E-state index is 0.280. The maximum absolute atomic E-state index is 6.19. The molecule has 15 heavy (non-hydrogen) atoms. The molecule has 0 saturated carbocycles. The fourth-order valence-corrected chi connectivity index (χ4v) is 2.64. The molecule has 82 valence electrons. The number of alkyl halides is 1. The zero-order valence-electron chi connectivity index (χ0n) is 9.03. The third-order valence-electron chi connectivity index (χ3n) is 2.84. The van der Waals surface area contributed by atoms with Gasteiger partial charge in [0.05, 0.1) is 12.2 Å². The van der Waals surface area contributed by atoms with Crippen LogP contribution in [0, 0.1) is 0 Å². The Bertz CT molecular complexity index is 289. The summed E-state index contributed by atoms with van der Waals surface area (Å²) in [6, 6.07) is 10.5. The van der Waals surface area contributed by atoms with Crippen molar-refractivity contribution in [3.05, 3.63) is 35.9 Å². The maximum Gasteiger partial charge on any atom is 0.0633 e. The highest BCUT2D eigenvalue weighted by Crippen LogP contribution is 2.25. The number of rotatable bonds is 2. The molecule has 1 aromatic rings. The Morgan fingerprint density at radius 2 is 2.00 bits per heavy atom. The van der Waals surface area contributed by atoms with Crippen LogP contribution in [0.5, 0.6) is 0 Å². The van der Waals surface area contributed by atoms with Crippen molar-refractivity contribution < 1.29 is 4.74 Å². The van der Waals surface area contributed by atoms with E-state index < -0.39 is 0 Å². The van der Waals surface area contributed by atoms with Crippen molar-refractivity contribution in [1.82, 2.24) is 0 Å². The molecule has 1 aliphatic heterocycles. The van der Waals surface area contributed by atoms with Gasteiger partial charge in [0.1, 0.15) is 0 Å². The molecule has 1 saturated heterocycles. The average molecular weight is 225 g/mol. The summed E-state index contributed by atoms with van der Waals surface area (Å²) in [5, 5.41) is 0.280. The predicted molar refractivity (Wildman–Crippen MR) is 63.4 cm³/mol. The summed E-state index contributed by atoms with van der Waals surface area (Å²) in [6.45, 7) is 2.10. The van der Waals surface area contributed by atoms with Gasteiger partial charge in [0.15, 0.2) is 0 Å². The Morgan fingerprint density at radius 3 is 2.67 bits per heavy atom. The molecule has 0 spiro atoms. The summed E-state index contributed by atoms with van der Waals surface area (Å²) in [5.41, 5.74) is 1.33. The molecule has 1 aliphatic rings. The number of hydrogen-bond donors (Lipinski definition) is 0. The topological polar surface area (TPSA) is 9.23 Å². The summed E-state index contributed by atoms with van der Waals surface area (Å²) < 4.78 is 5.88. The SMILES string of the molecule is CC1CC(Cl)CC(Cc2ccccc2)O1. The highest BCUT2D eigenvalue weighted by Gasteiger charge is 2.25. The van der Waals surface area contributed by atoms with E-state index in [0.717, 1.165) is 19.3 Å². The van der Waals surface area contributed by atoms with Gasteiger partial charge in [0.2, 0.25) is 0 Å². The molecule has 0 N–H and O–H groups in total. The Labute approximate surface area is 96.4 Å². The van der Waals surface area contributed by atoms with Gasteiger partial charge in [-0.15, -0.1) is 11.6 Å². The van der Waals surface area contributed by atoms with E-state index in [4.69, 9.17) is 16.3 Å². The molecule has 0 amide bonds. The van der Waals surface area contributed by atoms with Crippen LogP contribution in [0.1, 0.15) is 25.3 Å². The van der Waals surface area contributed by atoms with Gasteiger partial charge in [-0.25, -0.2) is 0 Å². The number of ether oxygens (including phenoxy) is 1. The molecule has 2 heteroatoms. The summed E-state index contributed by atoms with van der Waals surface area (Å²) in [6.07, 6.45) is 3.52. The standard InChI is InChI=1S/C13H17ClO/c1-10-7-12(14)9-13(15-10)8-11-5-3-2-4-6-11/h2-6,10,12-13H,7-9H2,1H3. The molecule has 0 aromatic heterocycles. The summed E-state index contributed by atoms with van der Waals surface area (Å²) in [5.74, 6) is 0. The average Bonchev–Trinajstić information content (AvgIpc) is 2.17. The lowest BCUT2D eigenvalue weighted by molar-refractivity contribution is -0.0369. The van der Waals surface area contributed by atoms with Crippen LogP contribution in [0.2, 0.25) is 0 Å². The first-order valence-corrected chi connectivity index (χ1v) is 6.01. The zero-order chi connectivity index (χ0) is 10.7. The minimum absolute atomic E-state index is 0.280. The van der Waals surface area contributed by atoms with Crippen molar-refractivity contribution in [3.8, 4) is 0 Å². The second kappa shape index (κ2) is 5.00. The van der Waals surface area contributed by atoms with E-state index in [2.05, 4.69) is 31.2 Å². The summed E-state index contributed by atoms with van der Waals surface area (Å²) in [7, 11) is 0. The first-order chi connectivity index (χ1) is 7.24. The summed E-state index contributed by atoms with van der Waals surface area (Å²) in [4.78, 5) is 0. The van der Waals surface area contributed by atoms with Crippen LogP contribution in [0.25, 0.3) is 0 Å². The van der Waals surface area contributed by atoms with E-state index in [1.54, 1.807) is 0 Å². The smallest absolute Gasteiger partial charge is 0.0633 e. The molecular weight excluding hydrogens is 208 g/mol. The van der Waals surface area contributed by atoms with Crippen molar-refractivity contribution in [2.24, 2.45) is 0 Å². The predicted octanol–water partition coefficient (Wildman–Crippen LogP) is 3.40. The van der Waals surface area contributed by atoms with E-state index in [9.17, 15) is 0 Å². The molecule has 1 nitrogen and oxygen atoms in total. The van der Waals surface area contributed by atoms with Crippen molar-refractivity contribution in [1.29, 1.82) is 0 Å². The molecule has 0 radical (unpaired) electrons. The van der Waals surface area contributed by atoms with E-state index in [1.807, 2.05) is 6.07 Å². The molecule has 3 unspecified atom stereocenters. The van der Waals surface area contributed by atoms with Crippen LogP contribution in [-0.4, -0.2) is 17.6 Å². The fourth-order valence-electron chi connectivity index (χ4n) is 2.19. The van der Waals surface area contributed by atoms with Crippen molar-refractivity contribution >= 4 is 11.6 Å². The first-order valence-electron chi connectivity index (χ1n) is 5.57. The van der Waals surface area contributed by atoms with Gasteiger partial charge >= 0.3 is 0 Å². The van der Waals surface area contributed by atoms with E-state index >= 15 is 0 Å². The lowest BCUT2D eigenvalue weighted by Gasteiger charge is -2.31. The van der Waals surface area contributed by atoms with Crippen LogP contribution in [-0.2, 0) is 11.2 Å². The van der Waals surface area contributed by atoms with Crippen LogP contribution < -0.4 is 0 Å². The Balaban J connectivity index is 1.94. The molecule has 2 rings (SSSR count). The third kappa shape index (κ3) is 3.22. The molecule has 0 bridgehead atoms. The van der Waals surface area contributed by atoms with Gasteiger partial charge in [0.25, 0.3) is 0 Å². The lowest BCUT2D eigenvalue weighted by atomic mass is 9.99. The Hall–Kier alpha value is -0.530. The molecule has 1 heterocycles. The second-order valence-corrected chi connectivity index (χ2v) is 4.94. The number of halogens is 1. The van der Waals surface area contributed by atoms with Gasteiger partial charge in [-0.3, -0.25) is 0 Å². The van der Waals surface area contributed by atoms with Crippen LogP contribution in [0.4, 0.5) is 0 Å². The maximum atomic E-state index is 6.19. The minimum Gasteiger partial charge on any atom is -0.375 e. The second-order valence-electron chi connectivity index (χ2n) is 4.33. The van der Waals surface area contributed by atoms with Crippen LogP contribution in [0.3, 0.4) is 0 Å². The van der Waals surface area contributed by atoms with Gasteiger partial charge in [0, 0.05) is 5.38 Å². The van der Waals surface area contributed by atoms with E-state index in [1.165, 1.54) is 5.56 Å². The normalized spacial score (nSPS) is 31.5. The van der Waals surface area contributed by atoms with Gasteiger partial charge in [-0.1, -0.05) is 30.3 Å². The molecular formula is C13H17ClO. The van der Waals surface area contributed by atoms with Crippen molar-refractivity contribution in [2.45, 2.75) is 43.8 Å². The monoisotopic (exact) mass is 224 g/mol. The van der Waals surface area contributed by atoms with Crippen molar-refractivity contribution in [2.75, 3.05) is 0 Å². The highest BCUT2D eigenvalue weighted by molar-refractivity contribution is 6.20. The lowest BCUT2D eigenvalue weighted by Crippen LogP contribution is -2.33. The number of hydrogen-bond acceptors (Lipinski definition) is 1. The third-order valence-corrected chi connectivity index (χ3v) is 3.19. The first kappa shape index (κ1) is 11.0. The Morgan fingerprint density at radius 1 is 1.27 bits per heavy atom. The Kier molecular flexibility index (Phi) is 3.66. The van der Waals surface area contributed by atoms with Crippen LogP contribution in [0.15, 0.2) is 30.3 Å². The van der Waals surface area contributed by atoms with E-state index in [0.29, 0.717) is 12.2 Å². The largest absolute Gasteiger partial charge is 0.375 e. The fraction of sp³-hybridized carbons (Fsp3) is 0.538. The number of benzene rings is 1. The summed E-state index contributed by atoms with van der Waals surface area (Å²) >= 11 is 6.19. The highest BCUT2D eigenvalue weighted by atomic mass is 35.5. The van der Waals surface area contributed by atoms with Gasteiger partial charge in [-0.05, 0) is 31.7 Å². The molecule has 1 aromatic carbocycles. The molecule has 1 fully saturated rings.